The molecule has 0 unspecified atom stereocenters. The Hall–Kier alpha value is -3.78. The molecule has 0 bridgehead atoms. The molecule has 1 aromatic heterocycles. The molecule has 4 rings (SSSR count). The van der Waals surface area contributed by atoms with Gasteiger partial charge in [-0.1, -0.05) is 18.2 Å². The van der Waals surface area contributed by atoms with E-state index in [9.17, 15) is 13.2 Å². The molecule has 2 heterocycles. The van der Waals surface area contributed by atoms with Crippen molar-refractivity contribution in [3.63, 3.8) is 0 Å². The molecule has 0 radical (unpaired) electrons. The first-order valence-electron chi connectivity index (χ1n) is 11.9. The Labute approximate surface area is 212 Å². The van der Waals surface area contributed by atoms with Crippen molar-refractivity contribution in [3.05, 3.63) is 36.4 Å². The molecule has 0 aliphatic carbocycles. The van der Waals surface area contributed by atoms with Crippen LogP contribution in [-0.4, -0.2) is 67.0 Å². The molecular formula is C26H29F3N4O4. The van der Waals surface area contributed by atoms with E-state index in [-0.39, 0.29) is 0 Å². The second-order valence-corrected chi connectivity index (χ2v) is 8.41. The van der Waals surface area contributed by atoms with Crippen LogP contribution in [0.25, 0.3) is 21.8 Å². The van der Waals surface area contributed by atoms with Crippen LogP contribution in [0.1, 0.15) is 25.7 Å². The van der Waals surface area contributed by atoms with Gasteiger partial charge >= 0.3 is 12.1 Å². The van der Waals surface area contributed by atoms with E-state index in [2.05, 4.69) is 16.3 Å². The molecule has 11 heteroatoms. The third-order valence-electron chi connectivity index (χ3n) is 5.82. The summed E-state index contributed by atoms with van der Waals surface area (Å²) in [7, 11) is 1.66. The summed E-state index contributed by atoms with van der Waals surface area (Å²) in [5.41, 5.74) is 2.74. The topological polar surface area (TPSA) is 108 Å². The van der Waals surface area contributed by atoms with Gasteiger partial charge in [-0.2, -0.15) is 18.4 Å². The number of halogens is 3. The monoisotopic (exact) mass is 518 g/mol. The summed E-state index contributed by atoms with van der Waals surface area (Å²) in [6.07, 6.45) is -1.03. The molecule has 0 spiro atoms. The highest BCUT2D eigenvalue weighted by atomic mass is 19.4. The lowest BCUT2D eigenvalue weighted by atomic mass is 10.1. The normalized spacial score (nSPS) is 13.6. The Morgan fingerprint density at radius 3 is 2.51 bits per heavy atom. The zero-order valence-electron chi connectivity index (χ0n) is 20.5. The molecule has 8 nitrogen and oxygen atoms in total. The van der Waals surface area contributed by atoms with Gasteiger partial charge in [0.1, 0.15) is 0 Å². The number of likely N-dealkylation sites (tertiary alicyclic amines) is 1. The summed E-state index contributed by atoms with van der Waals surface area (Å²) >= 11 is 0. The fourth-order valence-corrected chi connectivity index (χ4v) is 4.08. The van der Waals surface area contributed by atoms with Gasteiger partial charge < -0.3 is 24.8 Å². The maximum atomic E-state index is 10.6. The van der Waals surface area contributed by atoms with Gasteiger partial charge in [0.2, 0.25) is 0 Å². The number of methoxy groups -OCH3 is 1. The largest absolute Gasteiger partial charge is 0.493 e. The summed E-state index contributed by atoms with van der Waals surface area (Å²) in [6.45, 7) is 4.72. The van der Waals surface area contributed by atoms with Gasteiger partial charge in [0.05, 0.1) is 42.9 Å². The molecule has 0 saturated carbocycles. The fourth-order valence-electron chi connectivity index (χ4n) is 4.08. The Morgan fingerprint density at radius 1 is 1.16 bits per heavy atom. The predicted octanol–water partition coefficient (Wildman–Crippen LogP) is 5.22. The number of nitrogens with zero attached hydrogens (tertiary/aromatic N) is 3. The molecule has 37 heavy (non-hydrogen) atoms. The molecule has 3 aromatic rings. The number of carboxylic acid groups (broad SMARTS) is 1. The number of nitrogens with one attached hydrogen (secondary N) is 1. The molecular weight excluding hydrogens is 489 g/mol. The first kappa shape index (κ1) is 27.8. The summed E-state index contributed by atoms with van der Waals surface area (Å²) in [6, 6.07) is 14.2. The highest BCUT2D eigenvalue weighted by molar-refractivity contribution is 6.08. The number of fused-ring (bicyclic) bond motifs is 2. The van der Waals surface area contributed by atoms with Crippen LogP contribution in [0.15, 0.2) is 36.4 Å². The molecule has 0 amide bonds. The zero-order chi connectivity index (χ0) is 26.8. The number of ether oxygens (including phenoxy) is 2. The van der Waals surface area contributed by atoms with Crippen LogP contribution in [0.5, 0.6) is 11.5 Å². The second kappa shape index (κ2) is 13.0. The number of nitriles is 1. The number of carboxylic acids is 1. The van der Waals surface area contributed by atoms with Crippen molar-refractivity contribution in [1.29, 1.82) is 5.26 Å². The van der Waals surface area contributed by atoms with Gasteiger partial charge in [-0.05, 0) is 44.5 Å². The molecule has 1 saturated heterocycles. The van der Waals surface area contributed by atoms with Crippen molar-refractivity contribution >= 4 is 33.5 Å². The summed E-state index contributed by atoms with van der Waals surface area (Å²) in [5, 5.41) is 21.5. The van der Waals surface area contributed by atoms with E-state index >= 15 is 0 Å². The Kier molecular flexibility index (Phi) is 9.74. The third kappa shape index (κ3) is 7.60. The SMILES string of the molecule is COc1cc2c(NCCC#N)c3ccccc3nc2cc1OCCCN1CCCC1.O=C(O)C(F)(F)F. The molecule has 1 fully saturated rings. The van der Waals surface area contributed by atoms with Gasteiger partial charge in [0, 0.05) is 29.9 Å². The standard InChI is InChI=1S/C24H28N4O2.C2HF3O2/c1-29-22-16-19-21(17-23(22)30-15-7-14-28-12-4-5-13-28)27-20-9-3-2-8-18(20)24(19)26-11-6-10-25;3-2(4,5)1(6)7/h2-3,8-9,16-17H,4-7,11-15H2,1H3,(H,26,27);(H,6,7). The van der Waals surface area contributed by atoms with E-state index in [0.717, 1.165) is 46.2 Å². The highest BCUT2D eigenvalue weighted by Crippen LogP contribution is 2.38. The van der Waals surface area contributed by atoms with Crippen LogP contribution >= 0.6 is 0 Å². The maximum absolute atomic E-state index is 10.6. The van der Waals surface area contributed by atoms with Crippen LogP contribution < -0.4 is 14.8 Å². The van der Waals surface area contributed by atoms with E-state index in [0.29, 0.717) is 25.3 Å². The number of alkyl halides is 3. The van der Waals surface area contributed by atoms with Crippen molar-refractivity contribution in [2.24, 2.45) is 0 Å². The average Bonchev–Trinajstić information content (AvgIpc) is 3.39. The number of aromatic nitrogens is 1. The minimum Gasteiger partial charge on any atom is -0.493 e. The lowest BCUT2D eigenvalue weighted by molar-refractivity contribution is -0.192. The van der Waals surface area contributed by atoms with Crippen LogP contribution in [0.4, 0.5) is 18.9 Å². The number of hydrogen-bond acceptors (Lipinski definition) is 7. The van der Waals surface area contributed by atoms with Crippen molar-refractivity contribution in [2.45, 2.75) is 31.9 Å². The van der Waals surface area contributed by atoms with E-state index in [4.69, 9.17) is 29.6 Å². The maximum Gasteiger partial charge on any atom is 0.490 e. The van der Waals surface area contributed by atoms with Crippen molar-refractivity contribution in [1.82, 2.24) is 9.88 Å². The van der Waals surface area contributed by atoms with E-state index < -0.39 is 12.1 Å². The average molecular weight is 519 g/mol. The highest BCUT2D eigenvalue weighted by Gasteiger charge is 2.38. The molecule has 0 atom stereocenters. The van der Waals surface area contributed by atoms with Gasteiger partial charge in [-0.3, -0.25) is 0 Å². The first-order chi connectivity index (χ1) is 17.7. The Morgan fingerprint density at radius 2 is 1.86 bits per heavy atom. The lowest BCUT2D eigenvalue weighted by Gasteiger charge is -2.17. The minimum absolute atomic E-state index is 0.438. The van der Waals surface area contributed by atoms with Crippen LogP contribution in [0, 0.1) is 11.3 Å². The van der Waals surface area contributed by atoms with E-state index in [1.54, 1.807) is 7.11 Å². The predicted molar refractivity (Wildman–Crippen MR) is 134 cm³/mol. The number of hydrogen-bond donors (Lipinski definition) is 2. The fraction of sp³-hybridized carbons (Fsp3) is 0.423. The summed E-state index contributed by atoms with van der Waals surface area (Å²) < 4.78 is 43.5. The van der Waals surface area contributed by atoms with E-state index in [1.165, 1.54) is 25.9 Å². The molecule has 198 valence electrons. The molecule has 1 aliphatic heterocycles. The second-order valence-electron chi connectivity index (χ2n) is 8.41. The third-order valence-corrected chi connectivity index (χ3v) is 5.82. The number of benzene rings is 2. The van der Waals surface area contributed by atoms with Gasteiger partial charge in [0.25, 0.3) is 0 Å². The smallest absolute Gasteiger partial charge is 0.490 e. The lowest BCUT2D eigenvalue weighted by Crippen LogP contribution is -2.21. The van der Waals surface area contributed by atoms with E-state index in [1.807, 2.05) is 36.4 Å². The van der Waals surface area contributed by atoms with Crippen molar-refractivity contribution in [2.75, 3.05) is 45.2 Å². The number of anilines is 1. The molecule has 2 N–H and O–H groups in total. The number of aliphatic carboxylic acids is 1. The van der Waals surface area contributed by atoms with Gasteiger partial charge in [-0.15, -0.1) is 0 Å². The number of para-hydroxylation sites is 1. The van der Waals surface area contributed by atoms with Crippen LogP contribution in [0.3, 0.4) is 0 Å². The Bertz CT molecular complexity index is 1250. The zero-order valence-corrected chi connectivity index (χ0v) is 20.5. The van der Waals surface area contributed by atoms with Crippen molar-refractivity contribution in [3.8, 4) is 17.6 Å². The number of pyridine rings is 1. The summed E-state index contributed by atoms with van der Waals surface area (Å²) in [4.78, 5) is 16.2. The Balaban J connectivity index is 0.000000479. The molecule has 1 aliphatic rings. The first-order valence-corrected chi connectivity index (χ1v) is 11.9. The quantitative estimate of drug-likeness (QED) is 0.293. The van der Waals surface area contributed by atoms with Crippen LogP contribution in [-0.2, 0) is 4.79 Å². The number of rotatable bonds is 9. The van der Waals surface area contributed by atoms with Gasteiger partial charge in [0.15, 0.2) is 11.5 Å². The molecule has 2 aromatic carbocycles. The van der Waals surface area contributed by atoms with Crippen LogP contribution in [0.2, 0.25) is 0 Å². The summed E-state index contributed by atoms with van der Waals surface area (Å²) in [5.74, 6) is -1.34. The van der Waals surface area contributed by atoms with Crippen molar-refractivity contribution < 1.29 is 32.5 Å². The van der Waals surface area contributed by atoms with Gasteiger partial charge in [-0.25, -0.2) is 9.78 Å². The minimum atomic E-state index is -5.08. The number of carbonyl (C=O) groups is 1.